The van der Waals surface area contributed by atoms with Gasteiger partial charge in [-0.1, -0.05) is 63.4 Å². The molecule has 0 unspecified atom stereocenters. The van der Waals surface area contributed by atoms with Crippen LogP contribution in [0.25, 0.3) is 0 Å². The predicted molar refractivity (Wildman–Crippen MR) is 156 cm³/mol. The zero-order valence-electron chi connectivity index (χ0n) is 24.7. The fourth-order valence-corrected chi connectivity index (χ4v) is 5.54. The number of piperidine rings is 1. The van der Waals surface area contributed by atoms with Crippen molar-refractivity contribution in [3.63, 3.8) is 0 Å². The predicted octanol–water partition coefficient (Wildman–Crippen LogP) is 0.997. The van der Waals surface area contributed by atoms with E-state index in [-0.39, 0.29) is 37.0 Å². The van der Waals surface area contributed by atoms with Crippen LogP contribution in [0.2, 0.25) is 0 Å². The minimum Gasteiger partial charge on any atom is -0.393 e. The zero-order valence-corrected chi connectivity index (χ0v) is 24.7. The Labute approximate surface area is 247 Å². The molecule has 2 saturated heterocycles. The lowest BCUT2D eigenvalue weighted by Crippen LogP contribution is -2.64. The number of unbranched alkanes of at least 4 members (excludes halogenated alkanes) is 2. The maximum atomic E-state index is 13.8. The van der Waals surface area contributed by atoms with Crippen LogP contribution < -0.4 is 16.0 Å². The Hall–Kier alpha value is -3.31. The van der Waals surface area contributed by atoms with E-state index in [0.29, 0.717) is 38.6 Å². The second-order valence-electron chi connectivity index (χ2n) is 11.5. The molecule has 11 heteroatoms. The monoisotopic (exact) mass is 586 g/mol. The Morgan fingerprint density at radius 1 is 0.952 bits per heavy atom. The minimum absolute atomic E-state index is 0.0980. The normalized spacial score (nSPS) is 25.2. The number of rotatable bonds is 12. The molecule has 2 aliphatic heterocycles. The van der Waals surface area contributed by atoms with Gasteiger partial charge in [0.2, 0.25) is 23.6 Å². The van der Waals surface area contributed by atoms with E-state index in [1.807, 2.05) is 44.2 Å². The highest BCUT2D eigenvalue weighted by Gasteiger charge is 2.40. The van der Waals surface area contributed by atoms with Crippen molar-refractivity contribution in [2.24, 2.45) is 5.92 Å². The molecule has 0 aliphatic carbocycles. The number of carbonyl (C=O) groups excluding carboxylic acids is 5. The summed E-state index contributed by atoms with van der Waals surface area (Å²) in [6.07, 6.45) is 3.33. The van der Waals surface area contributed by atoms with Crippen molar-refractivity contribution in [1.29, 1.82) is 0 Å². The molecule has 0 aromatic heterocycles. The number of Topliss-reactive ketones (excluding diaryl/α,β-unsaturated/α-hetero) is 1. The van der Waals surface area contributed by atoms with Gasteiger partial charge in [0.1, 0.15) is 30.3 Å². The number of aliphatic hydroxyl groups is 2. The molecule has 2 fully saturated rings. The summed E-state index contributed by atoms with van der Waals surface area (Å²) in [7, 11) is 0. The largest absolute Gasteiger partial charge is 0.393 e. The molecule has 42 heavy (non-hydrogen) atoms. The molecule has 5 N–H and O–H groups in total. The number of nitrogens with zero attached hydrogens (tertiary/aromatic N) is 1. The number of amides is 4. The number of hydrogen-bond acceptors (Lipinski definition) is 7. The number of carbonyl (C=O) groups is 5. The van der Waals surface area contributed by atoms with Crippen LogP contribution in [0.15, 0.2) is 30.3 Å². The van der Waals surface area contributed by atoms with E-state index in [1.165, 1.54) is 0 Å². The van der Waals surface area contributed by atoms with Gasteiger partial charge in [0.05, 0.1) is 6.61 Å². The molecule has 2 aliphatic rings. The van der Waals surface area contributed by atoms with E-state index in [1.54, 1.807) is 4.90 Å². The van der Waals surface area contributed by atoms with Crippen molar-refractivity contribution in [2.75, 3.05) is 13.2 Å². The third kappa shape index (κ3) is 9.09. The molecule has 0 bridgehead atoms. The highest BCUT2D eigenvalue weighted by atomic mass is 16.3. The zero-order chi connectivity index (χ0) is 30.6. The molecule has 6 atom stereocenters. The van der Waals surface area contributed by atoms with Crippen LogP contribution >= 0.6 is 0 Å². The van der Waals surface area contributed by atoms with Gasteiger partial charge in [-0.3, -0.25) is 24.0 Å². The molecule has 4 amide bonds. The third-order valence-electron chi connectivity index (χ3n) is 8.37. The Balaban J connectivity index is 1.85. The fraction of sp³-hybridized carbons (Fsp3) is 0.645. The number of nitrogens with one attached hydrogen (secondary N) is 3. The first-order valence-corrected chi connectivity index (χ1v) is 15.2. The average molecular weight is 587 g/mol. The molecule has 1 aromatic carbocycles. The van der Waals surface area contributed by atoms with E-state index in [0.717, 1.165) is 18.4 Å². The van der Waals surface area contributed by atoms with Gasteiger partial charge in [-0.2, -0.15) is 0 Å². The molecule has 232 valence electrons. The van der Waals surface area contributed by atoms with Crippen LogP contribution in [-0.2, 0) is 30.4 Å². The summed E-state index contributed by atoms with van der Waals surface area (Å²) in [5.74, 6) is -2.23. The van der Waals surface area contributed by atoms with E-state index in [2.05, 4.69) is 16.0 Å². The Bertz CT molecular complexity index is 1080. The van der Waals surface area contributed by atoms with Gasteiger partial charge in [0.25, 0.3) is 0 Å². The second kappa shape index (κ2) is 16.4. The highest BCUT2D eigenvalue weighted by Crippen LogP contribution is 2.22. The molecule has 0 saturated carbocycles. The van der Waals surface area contributed by atoms with Gasteiger partial charge >= 0.3 is 0 Å². The summed E-state index contributed by atoms with van der Waals surface area (Å²) >= 11 is 0. The number of benzene rings is 1. The number of fused-ring (bicyclic) bond motifs is 1. The SMILES string of the molecule is CC[C@H](C)[C@@H]1NC(=O)[C@H](Cc2ccccc2)NC(=O)[C@H](CCCCCC(=O)[C@@H](O)CO)NC(=O)[C@@H]2CCCCN2C1=O. The molecule has 0 radical (unpaired) electrons. The van der Waals surface area contributed by atoms with Crippen molar-refractivity contribution in [2.45, 2.75) is 108 Å². The molecular formula is C31H46N4O7. The Morgan fingerprint density at radius 2 is 1.64 bits per heavy atom. The topological polar surface area (TPSA) is 165 Å². The quantitative estimate of drug-likeness (QED) is 0.228. The maximum absolute atomic E-state index is 13.8. The third-order valence-corrected chi connectivity index (χ3v) is 8.37. The van der Waals surface area contributed by atoms with Crippen LogP contribution in [0.3, 0.4) is 0 Å². The molecular weight excluding hydrogens is 540 g/mol. The standard InChI is InChI=1S/C31H46N4O7/c1-3-20(2)27-31(42)35-17-11-10-15-24(35)30(41)32-22(14-8-5-9-16-25(37)26(38)19-36)28(39)33-23(29(40)34-27)18-21-12-6-4-7-13-21/h4,6-7,12-13,20,22-24,26-27,36,38H,3,5,8-11,14-19H2,1-2H3,(H,32,41)(H,33,39)(H,34,40)/t20-,22-,23-,24-,26-,27-/m0/s1. The van der Waals surface area contributed by atoms with E-state index in [4.69, 9.17) is 5.11 Å². The molecule has 1 aromatic rings. The fourth-order valence-electron chi connectivity index (χ4n) is 5.54. The van der Waals surface area contributed by atoms with Crippen LogP contribution in [0.4, 0.5) is 0 Å². The summed E-state index contributed by atoms with van der Waals surface area (Å²) in [6, 6.07) is 5.81. The van der Waals surface area contributed by atoms with Crippen molar-refractivity contribution in [1.82, 2.24) is 20.9 Å². The summed E-state index contributed by atoms with van der Waals surface area (Å²) in [5, 5.41) is 27.0. The van der Waals surface area contributed by atoms with E-state index < -0.39 is 54.5 Å². The lowest BCUT2D eigenvalue weighted by Gasteiger charge is -2.39. The first-order valence-electron chi connectivity index (χ1n) is 15.2. The maximum Gasteiger partial charge on any atom is 0.246 e. The molecule has 2 heterocycles. The van der Waals surface area contributed by atoms with Gasteiger partial charge in [-0.25, -0.2) is 0 Å². The summed E-state index contributed by atoms with van der Waals surface area (Å²) in [4.78, 5) is 68.1. The molecule has 11 nitrogen and oxygen atoms in total. The van der Waals surface area contributed by atoms with Crippen molar-refractivity contribution in [3.8, 4) is 0 Å². The van der Waals surface area contributed by atoms with Crippen LogP contribution in [-0.4, -0.2) is 87.9 Å². The second-order valence-corrected chi connectivity index (χ2v) is 11.5. The van der Waals surface area contributed by atoms with Gasteiger partial charge in [-0.05, 0) is 43.6 Å². The van der Waals surface area contributed by atoms with E-state index in [9.17, 15) is 29.1 Å². The van der Waals surface area contributed by atoms with E-state index >= 15 is 0 Å². The number of hydrogen-bond donors (Lipinski definition) is 5. The van der Waals surface area contributed by atoms with Crippen LogP contribution in [0, 0.1) is 5.92 Å². The van der Waals surface area contributed by atoms with Gasteiger partial charge < -0.3 is 31.1 Å². The van der Waals surface area contributed by atoms with Gasteiger partial charge in [0, 0.05) is 19.4 Å². The Kier molecular flexibility index (Phi) is 12.9. The number of ketones is 1. The molecule has 0 spiro atoms. The van der Waals surface area contributed by atoms with Crippen molar-refractivity contribution in [3.05, 3.63) is 35.9 Å². The van der Waals surface area contributed by atoms with Crippen LogP contribution in [0.5, 0.6) is 0 Å². The van der Waals surface area contributed by atoms with Gasteiger partial charge in [0.15, 0.2) is 5.78 Å². The first kappa shape index (κ1) is 33.2. The lowest BCUT2D eigenvalue weighted by molar-refractivity contribution is -0.147. The average Bonchev–Trinajstić information content (AvgIpc) is 3.01. The smallest absolute Gasteiger partial charge is 0.246 e. The summed E-state index contributed by atoms with van der Waals surface area (Å²) in [6.45, 7) is 3.62. The molecule has 3 rings (SSSR count). The van der Waals surface area contributed by atoms with Gasteiger partial charge in [-0.15, -0.1) is 0 Å². The summed E-state index contributed by atoms with van der Waals surface area (Å²) in [5.41, 5.74) is 0.836. The van der Waals surface area contributed by atoms with Crippen molar-refractivity contribution < 1.29 is 34.2 Å². The minimum atomic E-state index is -1.39. The Morgan fingerprint density at radius 3 is 2.33 bits per heavy atom. The van der Waals surface area contributed by atoms with Crippen molar-refractivity contribution >= 4 is 29.4 Å². The summed E-state index contributed by atoms with van der Waals surface area (Å²) < 4.78 is 0. The lowest BCUT2D eigenvalue weighted by atomic mass is 9.93. The van der Waals surface area contributed by atoms with Crippen LogP contribution in [0.1, 0.15) is 77.2 Å². The number of aliphatic hydroxyl groups excluding tert-OH is 2. The first-order chi connectivity index (χ1) is 20.2. The highest BCUT2D eigenvalue weighted by molar-refractivity contribution is 5.97.